The molecule has 0 unspecified atom stereocenters. The average molecular weight is 233 g/mol. The fraction of sp³-hybridized carbons (Fsp3) is 0.0625. The van der Waals surface area contributed by atoms with Gasteiger partial charge in [0, 0.05) is 5.56 Å². The largest absolute Gasteiger partial charge is 0.464 e. The molecule has 0 saturated heterocycles. The van der Waals surface area contributed by atoms with Gasteiger partial charge in [0.25, 0.3) is 0 Å². The molecule has 1 atom stereocenters. The van der Waals surface area contributed by atoms with E-state index in [2.05, 4.69) is 6.07 Å². The number of hydrogen-bond acceptors (Lipinski definition) is 2. The lowest BCUT2D eigenvalue weighted by Gasteiger charge is -2.23. The highest BCUT2D eigenvalue weighted by Crippen LogP contribution is 2.39. The van der Waals surface area contributed by atoms with E-state index in [-0.39, 0.29) is 5.92 Å². The predicted molar refractivity (Wildman–Crippen MR) is 69.1 cm³/mol. The summed E-state index contributed by atoms with van der Waals surface area (Å²) >= 11 is 0. The summed E-state index contributed by atoms with van der Waals surface area (Å²) in [7, 11) is 0. The summed E-state index contributed by atoms with van der Waals surface area (Å²) in [5.74, 6) is 0.798. The number of allylic oxidation sites excluding steroid dienone is 1. The van der Waals surface area contributed by atoms with E-state index in [0.717, 1.165) is 16.9 Å². The van der Waals surface area contributed by atoms with Crippen molar-refractivity contribution in [2.45, 2.75) is 5.92 Å². The molecule has 0 saturated carbocycles. The maximum Gasteiger partial charge on any atom is 0.130 e. The highest BCUT2D eigenvalue weighted by Gasteiger charge is 2.25. The van der Waals surface area contributed by atoms with Crippen LogP contribution < -0.4 is 4.74 Å². The molecule has 0 aromatic heterocycles. The van der Waals surface area contributed by atoms with Gasteiger partial charge in [0.2, 0.25) is 0 Å². The lowest BCUT2D eigenvalue weighted by Crippen LogP contribution is -2.10. The summed E-state index contributed by atoms with van der Waals surface area (Å²) < 4.78 is 5.49. The van der Waals surface area contributed by atoms with Crippen molar-refractivity contribution < 1.29 is 4.74 Å². The van der Waals surface area contributed by atoms with Crippen molar-refractivity contribution in [1.82, 2.24) is 0 Å². The second-order valence-corrected chi connectivity index (χ2v) is 4.18. The fourth-order valence-electron chi connectivity index (χ4n) is 2.28. The Kier molecular flexibility index (Phi) is 2.59. The van der Waals surface area contributed by atoms with E-state index in [4.69, 9.17) is 4.74 Å². The van der Waals surface area contributed by atoms with Gasteiger partial charge in [-0.15, -0.1) is 0 Å². The minimum absolute atomic E-state index is 0.0267. The van der Waals surface area contributed by atoms with Crippen LogP contribution in [0.3, 0.4) is 0 Å². The van der Waals surface area contributed by atoms with E-state index in [0.29, 0.717) is 5.57 Å². The Morgan fingerprint density at radius 1 is 0.944 bits per heavy atom. The quantitative estimate of drug-likeness (QED) is 0.753. The molecule has 3 rings (SSSR count). The summed E-state index contributed by atoms with van der Waals surface area (Å²) in [5.41, 5.74) is 2.80. The van der Waals surface area contributed by atoms with Crippen molar-refractivity contribution >= 4 is 0 Å². The van der Waals surface area contributed by atoms with Gasteiger partial charge in [0.05, 0.1) is 17.6 Å². The van der Waals surface area contributed by atoms with E-state index in [1.165, 1.54) is 0 Å². The molecule has 0 radical (unpaired) electrons. The maximum atomic E-state index is 9.25. The third-order valence-electron chi connectivity index (χ3n) is 3.12. The van der Waals surface area contributed by atoms with Crippen molar-refractivity contribution in [2.75, 3.05) is 0 Å². The number of nitriles is 1. The van der Waals surface area contributed by atoms with Gasteiger partial charge in [0.15, 0.2) is 0 Å². The van der Waals surface area contributed by atoms with Gasteiger partial charge in [0.1, 0.15) is 12.0 Å². The lowest BCUT2D eigenvalue weighted by atomic mass is 9.84. The number of ether oxygens (including phenoxy) is 1. The van der Waals surface area contributed by atoms with Crippen LogP contribution >= 0.6 is 0 Å². The lowest BCUT2D eigenvalue weighted by molar-refractivity contribution is 0.453. The Hall–Kier alpha value is -2.53. The third-order valence-corrected chi connectivity index (χ3v) is 3.12. The first kappa shape index (κ1) is 10.6. The molecule has 0 N–H and O–H groups in total. The molecule has 1 aliphatic heterocycles. The zero-order valence-electron chi connectivity index (χ0n) is 9.71. The molecular formula is C16H11NO. The monoisotopic (exact) mass is 233 g/mol. The molecule has 1 heterocycles. The normalized spacial score (nSPS) is 17.1. The zero-order chi connectivity index (χ0) is 12.4. The van der Waals surface area contributed by atoms with Crippen molar-refractivity contribution in [2.24, 2.45) is 0 Å². The Morgan fingerprint density at radius 2 is 1.67 bits per heavy atom. The van der Waals surface area contributed by atoms with Gasteiger partial charge in [-0.25, -0.2) is 0 Å². The van der Waals surface area contributed by atoms with E-state index in [1.54, 1.807) is 6.26 Å². The van der Waals surface area contributed by atoms with Gasteiger partial charge in [-0.05, 0) is 11.6 Å². The summed E-state index contributed by atoms with van der Waals surface area (Å²) in [5, 5.41) is 9.25. The molecule has 2 aromatic carbocycles. The van der Waals surface area contributed by atoms with Crippen LogP contribution in [0.25, 0.3) is 0 Å². The SMILES string of the molecule is N#CC1=COc2ccccc2[C@@H]1c1ccccc1. The first-order valence-corrected chi connectivity index (χ1v) is 5.81. The Balaban J connectivity index is 2.17. The van der Waals surface area contributed by atoms with Gasteiger partial charge < -0.3 is 4.74 Å². The minimum Gasteiger partial charge on any atom is -0.464 e. The molecule has 0 spiro atoms. The molecule has 2 nitrogen and oxygen atoms in total. The van der Waals surface area contributed by atoms with Crippen LogP contribution in [0.15, 0.2) is 66.4 Å². The number of rotatable bonds is 1. The summed E-state index contributed by atoms with van der Waals surface area (Å²) in [4.78, 5) is 0. The first-order valence-electron chi connectivity index (χ1n) is 5.81. The van der Waals surface area contributed by atoms with Crippen molar-refractivity contribution in [1.29, 1.82) is 5.26 Å². The fourth-order valence-corrected chi connectivity index (χ4v) is 2.28. The molecule has 86 valence electrons. The number of para-hydroxylation sites is 1. The Labute approximate surface area is 106 Å². The Bertz CT molecular complexity index is 638. The standard InChI is InChI=1S/C16H11NO/c17-10-13-11-18-15-9-5-4-8-14(15)16(13)12-6-2-1-3-7-12/h1-9,11,16H/t16-/m1/s1. The zero-order valence-corrected chi connectivity index (χ0v) is 9.71. The van der Waals surface area contributed by atoms with Crippen LogP contribution in [0.4, 0.5) is 0 Å². The number of fused-ring (bicyclic) bond motifs is 1. The van der Waals surface area contributed by atoms with Gasteiger partial charge in [-0.2, -0.15) is 5.26 Å². The van der Waals surface area contributed by atoms with E-state index in [1.807, 2.05) is 54.6 Å². The van der Waals surface area contributed by atoms with Crippen LogP contribution in [0, 0.1) is 11.3 Å². The summed E-state index contributed by atoms with van der Waals surface area (Å²) in [6, 6.07) is 20.1. The van der Waals surface area contributed by atoms with Crippen molar-refractivity contribution in [3.63, 3.8) is 0 Å². The number of hydrogen-bond donors (Lipinski definition) is 0. The van der Waals surface area contributed by atoms with Crippen LogP contribution in [0.2, 0.25) is 0 Å². The second kappa shape index (κ2) is 4.38. The van der Waals surface area contributed by atoms with Crippen molar-refractivity contribution in [3.05, 3.63) is 77.6 Å². The molecule has 2 aromatic rings. The van der Waals surface area contributed by atoms with Gasteiger partial charge in [-0.1, -0.05) is 48.5 Å². The first-order chi connectivity index (χ1) is 8.90. The van der Waals surface area contributed by atoms with Crippen molar-refractivity contribution in [3.8, 4) is 11.8 Å². The highest BCUT2D eigenvalue weighted by atomic mass is 16.5. The Morgan fingerprint density at radius 3 is 2.44 bits per heavy atom. The molecule has 0 aliphatic carbocycles. The summed E-state index contributed by atoms with van der Waals surface area (Å²) in [6.45, 7) is 0. The van der Waals surface area contributed by atoms with Crippen LogP contribution in [0.5, 0.6) is 5.75 Å². The molecule has 2 heteroatoms. The summed E-state index contributed by atoms with van der Waals surface area (Å²) in [6.07, 6.45) is 1.56. The van der Waals surface area contributed by atoms with E-state index in [9.17, 15) is 5.26 Å². The molecular weight excluding hydrogens is 222 g/mol. The van der Waals surface area contributed by atoms with Crippen LogP contribution in [-0.2, 0) is 0 Å². The van der Waals surface area contributed by atoms with Gasteiger partial charge >= 0.3 is 0 Å². The topological polar surface area (TPSA) is 33.0 Å². The average Bonchev–Trinajstić information content (AvgIpc) is 2.47. The molecule has 0 fully saturated rings. The van der Waals surface area contributed by atoms with Crippen LogP contribution in [-0.4, -0.2) is 0 Å². The second-order valence-electron chi connectivity index (χ2n) is 4.18. The minimum atomic E-state index is -0.0267. The highest BCUT2D eigenvalue weighted by molar-refractivity contribution is 5.53. The molecule has 0 bridgehead atoms. The smallest absolute Gasteiger partial charge is 0.130 e. The molecule has 0 amide bonds. The predicted octanol–water partition coefficient (Wildman–Crippen LogP) is 3.62. The molecule has 1 aliphatic rings. The van der Waals surface area contributed by atoms with Crippen LogP contribution in [0.1, 0.15) is 17.0 Å². The maximum absolute atomic E-state index is 9.25. The van der Waals surface area contributed by atoms with E-state index >= 15 is 0 Å². The number of nitrogens with zero attached hydrogens (tertiary/aromatic N) is 1. The van der Waals surface area contributed by atoms with E-state index < -0.39 is 0 Å². The third kappa shape index (κ3) is 1.66. The number of benzene rings is 2. The molecule has 18 heavy (non-hydrogen) atoms. The van der Waals surface area contributed by atoms with Gasteiger partial charge in [-0.3, -0.25) is 0 Å².